The lowest BCUT2D eigenvalue weighted by Crippen LogP contribution is -2.23. The molecule has 1 aliphatic carbocycles. The Morgan fingerprint density at radius 2 is 1.29 bits per heavy atom. The van der Waals surface area contributed by atoms with Crippen molar-refractivity contribution < 1.29 is 0 Å². The van der Waals surface area contributed by atoms with Gasteiger partial charge in [0.1, 0.15) is 0 Å². The lowest BCUT2D eigenvalue weighted by Gasteiger charge is -2.25. The second kappa shape index (κ2) is 7.64. The van der Waals surface area contributed by atoms with Crippen LogP contribution < -0.4 is 15.9 Å². The summed E-state index contributed by atoms with van der Waals surface area (Å²) in [5.74, 6) is 0.783. The summed E-state index contributed by atoms with van der Waals surface area (Å²) < 4.78 is 0. The zero-order chi connectivity index (χ0) is 16.2. The van der Waals surface area contributed by atoms with Gasteiger partial charge in [-0.2, -0.15) is 0 Å². The lowest BCUT2D eigenvalue weighted by atomic mass is 9.88. The molecule has 0 bridgehead atoms. The van der Waals surface area contributed by atoms with E-state index in [-0.39, 0.29) is 0 Å². The minimum Gasteiger partial charge on any atom is -0.148 e. The fourth-order valence-electron chi connectivity index (χ4n) is 3.75. The Bertz CT molecular complexity index is 717. The molecule has 3 aromatic rings. The standard InChI is InChI=1S/C22H23PS/c1-4-10-18(11-5-1)22-21(16-17-24-22)23(19-12-6-2-7-13-19)20-14-8-3-9-15-20/h2-3,6-9,12-18H,1,4-5,10-11H2. The van der Waals surface area contributed by atoms with Gasteiger partial charge in [0, 0.05) is 4.88 Å². The van der Waals surface area contributed by atoms with Crippen LogP contribution in [0.4, 0.5) is 0 Å². The Balaban J connectivity index is 1.79. The van der Waals surface area contributed by atoms with Crippen LogP contribution in [-0.2, 0) is 0 Å². The maximum absolute atomic E-state index is 2.40. The van der Waals surface area contributed by atoms with E-state index >= 15 is 0 Å². The van der Waals surface area contributed by atoms with Crippen LogP contribution in [0.15, 0.2) is 72.1 Å². The van der Waals surface area contributed by atoms with Crippen molar-refractivity contribution in [3.8, 4) is 0 Å². The second-order valence-electron chi connectivity index (χ2n) is 6.51. The Morgan fingerprint density at radius 1 is 0.708 bits per heavy atom. The van der Waals surface area contributed by atoms with E-state index in [1.807, 2.05) is 11.3 Å². The van der Waals surface area contributed by atoms with Crippen molar-refractivity contribution in [1.29, 1.82) is 0 Å². The molecule has 0 radical (unpaired) electrons. The summed E-state index contributed by atoms with van der Waals surface area (Å²) >= 11 is 1.99. The molecular formula is C22H23PS. The van der Waals surface area contributed by atoms with Crippen LogP contribution in [-0.4, -0.2) is 0 Å². The molecule has 0 saturated heterocycles. The molecule has 1 fully saturated rings. The van der Waals surface area contributed by atoms with Crippen molar-refractivity contribution in [3.05, 3.63) is 77.0 Å². The second-order valence-corrected chi connectivity index (χ2v) is 9.64. The Labute approximate surface area is 150 Å². The molecule has 24 heavy (non-hydrogen) atoms. The van der Waals surface area contributed by atoms with E-state index in [4.69, 9.17) is 0 Å². The van der Waals surface area contributed by atoms with Crippen molar-refractivity contribution in [2.45, 2.75) is 38.0 Å². The van der Waals surface area contributed by atoms with Crippen LogP contribution in [0.5, 0.6) is 0 Å². The molecule has 1 saturated carbocycles. The van der Waals surface area contributed by atoms with Gasteiger partial charge in [-0.15, -0.1) is 11.3 Å². The first-order chi connectivity index (χ1) is 11.9. The van der Waals surface area contributed by atoms with Gasteiger partial charge in [-0.25, -0.2) is 0 Å². The third-order valence-electron chi connectivity index (χ3n) is 4.92. The molecule has 1 aliphatic rings. The van der Waals surface area contributed by atoms with E-state index in [9.17, 15) is 0 Å². The van der Waals surface area contributed by atoms with Gasteiger partial charge in [0.05, 0.1) is 0 Å². The molecule has 2 aromatic carbocycles. The molecule has 0 unspecified atom stereocenters. The van der Waals surface area contributed by atoms with Crippen LogP contribution >= 0.6 is 19.3 Å². The summed E-state index contributed by atoms with van der Waals surface area (Å²) in [6.07, 6.45) is 6.97. The molecule has 4 rings (SSSR count). The third kappa shape index (κ3) is 3.34. The van der Waals surface area contributed by atoms with Gasteiger partial charge < -0.3 is 0 Å². The lowest BCUT2D eigenvalue weighted by molar-refractivity contribution is 0.449. The predicted molar refractivity (Wildman–Crippen MR) is 109 cm³/mol. The summed E-state index contributed by atoms with van der Waals surface area (Å²) in [5, 5.41) is 6.85. The quantitative estimate of drug-likeness (QED) is 0.541. The number of rotatable bonds is 4. The van der Waals surface area contributed by atoms with E-state index in [1.165, 1.54) is 42.7 Å². The van der Waals surface area contributed by atoms with E-state index < -0.39 is 7.92 Å². The SMILES string of the molecule is c1ccc(P(c2ccccc2)c2ccsc2C2CCCCC2)cc1. The van der Waals surface area contributed by atoms with E-state index in [1.54, 1.807) is 10.2 Å². The maximum Gasteiger partial charge on any atom is 0.0160 e. The van der Waals surface area contributed by atoms with Gasteiger partial charge in [0.15, 0.2) is 0 Å². The molecule has 2 heteroatoms. The maximum atomic E-state index is 2.40. The molecule has 0 aliphatic heterocycles. The number of thiophene rings is 1. The molecular weight excluding hydrogens is 327 g/mol. The fraction of sp³-hybridized carbons (Fsp3) is 0.273. The normalized spacial score (nSPS) is 15.7. The molecule has 0 nitrogen and oxygen atoms in total. The Hall–Kier alpha value is -1.43. The van der Waals surface area contributed by atoms with Gasteiger partial charge in [-0.3, -0.25) is 0 Å². The first kappa shape index (κ1) is 16.1. The molecule has 1 heterocycles. The Morgan fingerprint density at radius 3 is 1.88 bits per heavy atom. The third-order valence-corrected chi connectivity index (χ3v) is 8.65. The zero-order valence-corrected chi connectivity index (χ0v) is 15.6. The first-order valence-corrected chi connectivity index (χ1v) is 11.1. The molecule has 0 N–H and O–H groups in total. The van der Waals surface area contributed by atoms with Gasteiger partial charge >= 0.3 is 0 Å². The topological polar surface area (TPSA) is 0 Å². The van der Waals surface area contributed by atoms with Crippen LogP contribution in [0.3, 0.4) is 0 Å². The van der Waals surface area contributed by atoms with E-state index in [0.29, 0.717) is 0 Å². The number of hydrogen-bond acceptors (Lipinski definition) is 1. The Kier molecular flexibility index (Phi) is 5.11. The van der Waals surface area contributed by atoms with Crippen LogP contribution in [0.2, 0.25) is 0 Å². The highest BCUT2D eigenvalue weighted by atomic mass is 32.1. The van der Waals surface area contributed by atoms with Crippen molar-refractivity contribution in [2.75, 3.05) is 0 Å². The summed E-state index contributed by atoms with van der Waals surface area (Å²) in [5.41, 5.74) is 0. The molecule has 1 aromatic heterocycles. The van der Waals surface area contributed by atoms with Gasteiger partial charge in [0.25, 0.3) is 0 Å². The average Bonchev–Trinajstić information content (AvgIpc) is 3.14. The highest BCUT2D eigenvalue weighted by Gasteiger charge is 2.25. The summed E-state index contributed by atoms with van der Waals surface area (Å²) in [6.45, 7) is 0. The highest BCUT2D eigenvalue weighted by molar-refractivity contribution is 7.80. The van der Waals surface area contributed by atoms with Crippen LogP contribution in [0.1, 0.15) is 42.9 Å². The van der Waals surface area contributed by atoms with Crippen molar-refractivity contribution in [3.63, 3.8) is 0 Å². The average molecular weight is 350 g/mol. The summed E-state index contributed by atoms with van der Waals surface area (Å²) in [4.78, 5) is 1.66. The number of benzene rings is 2. The van der Waals surface area contributed by atoms with Crippen LogP contribution in [0, 0.1) is 0 Å². The first-order valence-electron chi connectivity index (χ1n) is 8.91. The van der Waals surface area contributed by atoms with Crippen molar-refractivity contribution in [2.24, 2.45) is 0 Å². The van der Waals surface area contributed by atoms with Gasteiger partial charge in [0.2, 0.25) is 0 Å². The minimum atomic E-state index is -0.444. The minimum absolute atomic E-state index is 0.444. The van der Waals surface area contributed by atoms with Crippen molar-refractivity contribution in [1.82, 2.24) is 0 Å². The summed E-state index contributed by atoms with van der Waals surface area (Å²) in [7, 11) is -0.444. The number of hydrogen-bond donors (Lipinski definition) is 0. The molecule has 0 atom stereocenters. The van der Waals surface area contributed by atoms with Crippen LogP contribution in [0.25, 0.3) is 0 Å². The van der Waals surface area contributed by atoms with Gasteiger partial charge in [-0.05, 0) is 54.0 Å². The molecule has 0 spiro atoms. The van der Waals surface area contributed by atoms with E-state index in [2.05, 4.69) is 72.1 Å². The zero-order valence-electron chi connectivity index (χ0n) is 13.9. The monoisotopic (exact) mass is 350 g/mol. The smallest absolute Gasteiger partial charge is 0.0160 e. The molecule has 0 amide bonds. The molecule has 122 valence electrons. The van der Waals surface area contributed by atoms with E-state index in [0.717, 1.165) is 5.92 Å². The predicted octanol–water partition coefficient (Wildman–Crippen LogP) is 5.55. The van der Waals surface area contributed by atoms with Crippen molar-refractivity contribution >= 4 is 35.2 Å². The fourth-order valence-corrected chi connectivity index (χ4v) is 7.67. The summed E-state index contributed by atoms with van der Waals surface area (Å²) in [6, 6.07) is 24.6. The van der Waals surface area contributed by atoms with Gasteiger partial charge in [-0.1, -0.05) is 79.9 Å². The highest BCUT2D eigenvalue weighted by Crippen LogP contribution is 2.41. The largest absolute Gasteiger partial charge is 0.148 e.